The van der Waals surface area contributed by atoms with Crippen molar-refractivity contribution in [2.75, 3.05) is 0 Å². The van der Waals surface area contributed by atoms with Gasteiger partial charge in [-0.3, -0.25) is 0 Å². The second kappa shape index (κ2) is 5.02. The number of aliphatic hydroxyl groups excluding tert-OH is 1. The van der Waals surface area contributed by atoms with E-state index < -0.39 is 6.10 Å². The van der Waals surface area contributed by atoms with E-state index in [1.807, 2.05) is 16.8 Å². The predicted molar refractivity (Wildman–Crippen MR) is 78.7 cm³/mol. The molecule has 0 saturated heterocycles. The molecule has 1 N–H and O–H groups in total. The molecule has 2 nitrogen and oxygen atoms in total. The van der Waals surface area contributed by atoms with Crippen LogP contribution in [0.25, 0.3) is 5.69 Å². The molecular formula is C14H12Cl3NO. The lowest BCUT2D eigenvalue weighted by atomic mass is 9.95. The Kier molecular flexibility index (Phi) is 3.52. The molecule has 1 heterocycles. The molecule has 5 heteroatoms. The summed E-state index contributed by atoms with van der Waals surface area (Å²) in [4.78, 5) is 0. The van der Waals surface area contributed by atoms with Crippen LogP contribution in [0.5, 0.6) is 0 Å². The minimum Gasteiger partial charge on any atom is -0.388 e. The van der Waals surface area contributed by atoms with Gasteiger partial charge in [0.15, 0.2) is 0 Å². The van der Waals surface area contributed by atoms with Gasteiger partial charge in [-0.25, -0.2) is 0 Å². The molecule has 1 atom stereocenters. The predicted octanol–water partition coefficient (Wildman–Crippen LogP) is 4.81. The SMILES string of the molecule is OC1CCCc2c1ccn2-c1c(Cl)cc(Cl)cc1Cl. The van der Waals surface area contributed by atoms with E-state index in [9.17, 15) is 5.11 Å². The Morgan fingerprint density at radius 2 is 1.84 bits per heavy atom. The largest absolute Gasteiger partial charge is 0.388 e. The smallest absolute Gasteiger partial charge is 0.0829 e. The molecular weight excluding hydrogens is 305 g/mol. The normalized spacial score (nSPS) is 18.4. The summed E-state index contributed by atoms with van der Waals surface area (Å²) in [5.74, 6) is 0. The van der Waals surface area contributed by atoms with Crippen molar-refractivity contribution < 1.29 is 5.11 Å². The number of halogens is 3. The van der Waals surface area contributed by atoms with Crippen LogP contribution in [0.15, 0.2) is 24.4 Å². The average Bonchev–Trinajstić information content (AvgIpc) is 2.73. The highest BCUT2D eigenvalue weighted by molar-refractivity contribution is 6.40. The Morgan fingerprint density at radius 1 is 1.16 bits per heavy atom. The van der Waals surface area contributed by atoms with Gasteiger partial charge in [0.25, 0.3) is 0 Å². The molecule has 1 aliphatic rings. The average molecular weight is 317 g/mol. The number of rotatable bonds is 1. The van der Waals surface area contributed by atoms with Crippen molar-refractivity contribution >= 4 is 34.8 Å². The molecule has 0 fully saturated rings. The van der Waals surface area contributed by atoms with Gasteiger partial charge in [0.1, 0.15) is 0 Å². The van der Waals surface area contributed by atoms with E-state index in [0.29, 0.717) is 15.1 Å². The first kappa shape index (κ1) is 13.3. The van der Waals surface area contributed by atoms with E-state index in [-0.39, 0.29) is 0 Å². The van der Waals surface area contributed by atoms with Gasteiger partial charge in [-0.2, -0.15) is 0 Å². The van der Waals surface area contributed by atoms with E-state index in [2.05, 4.69) is 0 Å². The van der Waals surface area contributed by atoms with Crippen molar-refractivity contribution in [3.8, 4) is 5.69 Å². The number of benzene rings is 1. The fraction of sp³-hybridized carbons (Fsp3) is 0.286. The van der Waals surface area contributed by atoms with Crippen molar-refractivity contribution in [2.24, 2.45) is 0 Å². The molecule has 0 saturated carbocycles. The maximum atomic E-state index is 10.0. The molecule has 0 radical (unpaired) electrons. The molecule has 2 aromatic rings. The first-order valence-electron chi connectivity index (χ1n) is 6.11. The molecule has 100 valence electrons. The number of nitrogens with zero attached hydrogens (tertiary/aromatic N) is 1. The summed E-state index contributed by atoms with van der Waals surface area (Å²) in [6.07, 6.45) is 4.18. The summed E-state index contributed by atoms with van der Waals surface area (Å²) in [7, 11) is 0. The fourth-order valence-corrected chi connectivity index (χ4v) is 3.64. The monoisotopic (exact) mass is 315 g/mol. The third kappa shape index (κ3) is 2.27. The summed E-state index contributed by atoms with van der Waals surface area (Å²) < 4.78 is 1.96. The van der Waals surface area contributed by atoms with E-state index >= 15 is 0 Å². The highest BCUT2D eigenvalue weighted by Gasteiger charge is 2.23. The Balaban J connectivity index is 2.19. The highest BCUT2D eigenvalue weighted by atomic mass is 35.5. The van der Waals surface area contributed by atoms with Crippen LogP contribution >= 0.6 is 34.8 Å². The molecule has 1 unspecified atom stereocenters. The van der Waals surface area contributed by atoms with E-state index in [4.69, 9.17) is 34.8 Å². The minimum absolute atomic E-state index is 0.394. The van der Waals surface area contributed by atoms with Crippen LogP contribution < -0.4 is 0 Å². The number of hydrogen-bond donors (Lipinski definition) is 1. The quantitative estimate of drug-likeness (QED) is 0.802. The second-order valence-electron chi connectivity index (χ2n) is 4.71. The highest BCUT2D eigenvalue weighted by Crippen LogP contribution is 2.37. The van der Waals surface area contributed by atoms with Gasteiger partial charge in [0.2, 0.25) is 0 Å². The van der Waals surface area contributed by atoms with E-state index in [1.54, 1.807) is 12.1 Å². The lowest BCUT2D eigenvalue weighted by molar-refractivity contribution is 0.156. The van der Waals surface area contributed by atoms with Crippen LogP contribution in [0.2, 0.25) is 15.1 Å². The van der Waals surface area contributed by atoms with Crippen molar-refractivity contribution in [1.82, 2.24) is 4.57 Å². The minimum atomic E-state index is -0.394. The standard InChI is InChI=1S/C14H12Cl3NO/c15-8-6-10(16)14(11(17)7-8)18-5-4-9-12(18)2-1-3-13(9)19/h4-7,13,19H,1-3H2. The topological polar surface area (TPSA) is 25.2 Å². The molecule has 0 amide bonds. The third-order valence-corrected chi connectivity index (χ3v) is 4.29. The van der Waals surface area contributed by atoms with Gasteiger partial charge in [-0.1, -0.05) is 34.8 Å². The lowest BCUT2D eigenvalue weighted by Crippen LogP contribution is -2.11. The van der Waals surface area contributed by atoms with Crippen LogP contribution in [-0.2, 0) is 6.42 Å². The van der Waals surface area contributed by atoms with Gasteiger partial charge in [0.05, 0.1) is 21.8 Å². The van der Waals surface area contributed by atoms with Gasteiger partial charge in [-0.05, 0) is 37.5 Å². The second-order valence-corrected chi connectivity index (χ2v) is 5.96. The van der Waals surface area contributed by atoms with Gasteiger partial charge < -0.3 is 9.67 Å². The fourth-order valence-electron chi connectivity index (χ4n) is 2.64. The Hall–Kier alpha value is -0.670. The van der Waals surface area contributed by atoms with Crippen molar-refractivity contribution in [1.29, 1.82) is 0 Å². The third-order valence-electron chi connectivity index (χ3n) is 3.50. The molecule has 0 spiro atoms. The first-order chi connectivity index (χ1) is 9.08. The van der Waals surface area contributed by atoms with Gasteiger partial charge >= 0.3 is 0 Å². The summed E-state index contributed by atoms with van der Waals surface area (Å²) in [5, 5.41) is 11.5. The maximum absolute atomic E-state index is 10.0. The summed E-state index contributed by atoms with van der Waals surface area (Å²) >= 11 is 18.4. The molecule has 19 heavy (non-hydrogen) atoms. The molecule has 0 bridgehead atoms. The molecule has 0 aliphatic heterocycles. The van der Waals surface area contributed by atoms with Gasteiger partial charge in [0, 0.05) is 22.5 Å². The lowest BCUT2D eigenvalue weighted by Gasteiger charge is -2.21. The van der Waals surface area contributed by atoms with Crippen molar-refractivity contribution in [3.05, 3.63) is 50.7 Å². The Labute approximate surface area is 126 Å². The zero-order valence-corrected chi connectivity index (χ0v) is 12.3. The van der Waals surface area contributed by atoms with E-state index in [0.717, 1.165) is 36.2 Å². The van der Waals surface area contributed by atoms with Crippen molar-refractivity contribution in [2.45, 2.75) is 25.4 Å². The van der Waals surface area contributed by atoms with Crippen LogP contribution in [0, 0.1) is 0 Å². The zero-order chi connectivity index (χ0) is 13.6. The van der Waals surface area contributed by atoms with Crippen LogP contribution in [0.4, 0.5) is 0 Å². The molecule has 1 aliphatic carbocycles. The van der Waals surface area contributed by atoms with Crippen molar-refractivity contribution in [3.63, 3.8) is 0 Å². The van der Waals surface area contributed by atoms with Crippen LogP contribution in [-0.4, -0.2) is 9.67 Å². The maximum Gasteiger partial charge on any atom is 0.0829 e. The van der Waals surface area contributed by atoms with E-state index in [1.165, 1.54) is 0 Å². The summed E-state index contributed by atoms with van der Waals surface area (Å²) in [5.41, 5.74) is 2.77. The summed E-state index contributed by atoms with van der Waals surface area (Å²) in [6, 6.07) is 5.28. The number of fused-ring (bicyclic) bond motifs is 1. The van der Waals surface area contributed by atoms with Crippen LogP contribution in [0.3, 0.4) is 0 Å². The molecule has 3 rings (SSSR count). The Morgan fingerprint density at radius 3 is 2.53 bits per heavy atom. The number of hydrogen-bond acceptors (Lipinski definition) is 1. The Bertz CT molecular complexity index is 613. The molecule has 1 aromatic heterocycles. The van der Waals surface area contributed by atoms with Gasteiger partial charge in [-0.15, -0.1) is 0 Å². The zero-order valence-electron chi connectivity index (χ0n) is 10.0. The van der Waals surface area contributed by atoms with Crippen LogP contribution in [0.1, 0.15) is 30.2 Å². The molecule has 1 aromatic carbocycles. The number of aliphatic hydroxyl groups is 1. The summed E-state index contributed by atoms with van der Waals surface area (Å²) in [6.45, 7) is 0. The number of aromatic nitrogens is 1. The first-order valence-corrected chi connectivity index (χ1v) is 7.24.